The van der Waals surface area contributed by atoms with E-state index in [2.05, 4.69) is 10.2 Å². The molecule has 4 rings (SSSR count). The molecule has 1 aliphatic rings. The fourth-order valence-electron chi connectivity index (χ4n) is 3.60. The van der Waals surface area contributed by atoms with Crippen LogP contribution in [0.5, 0.6) is 11.5 Å². The van der Waals surface area contributed by atoms with E-state index >= 15 is 0 Å². The van der Waals surface area contributed by atoms with E-state index in [0.29, 0.717) is 22.7 Å². The smallest absolute Gasteiger partial charge is 0.254 e. The van der Waals surface area contributed by atoms with Crippen molar-refractivity contribution in [2.45, 2.75) is 0 Å². The van der Waals surface area contributed by atoms with E-state index in [4.69, 9.17) is 9.47 Å². The minimum Gasteiger partial charge on any atom is -0.457 e. The van der Waals surface area contributed by atoms with Crippen LogP contribution in [0.2, 0.25) is 0 Å². The van der Waals surface area contributed by atoms with Crippen LogP contribution in [-0.4, -0.2) is 56.6 Å². The summed E-state index contributed by atoms with van der Waals surface area (Å²) in [6.45, 7) is 3.10. The fourth-order valence-corrected chi connectivity index (χ4v) is 3.60. The minimum absolute atomic E-state index is 0.0617. The van der Waals surface area contributed by atoms with Gasteiger partial charge in [-0.25, -0.2) is 0 Å². The second-order valence-electron chi connectivity index (χ2n) is 7.80. The van der Waals surface area contributed by atoms with Crippen LogP contribution in [0.4, 0.5) is 11.4 Å². The molecular weight excluding hydrogens is 418 g/mol. The van der Waals surface area contributed by atoms with Crippen molar-refractivity contribution in [2.75, 3.05) is 50.1 Å². The molecule has 1 fully saturated rings. The van der Waals surface area contributed by atoms with E-state index in [9.17, 15) is 9.59 Å². The molecule has 0 spiro atoms. The Balaban J connectivity index is 1.32. The Morgan fingerprint density at radius 3 is 2.36 bits per heavy atom. The van der Waals surface area contributed by atoms with Gasteiger partial charge in [-0.05, 0) is 54.6 Å². The van der Waals surface area contributed by atoms with Gasteiger partial charge in [-0.15, -0.1) is 0 Å². The van der Waals surface area contributed by atoms with Gasteiger partial charge in [0.25, 0.3) is 5.91 Å². The van der Waals surface area contributed by atoms with Gasteiger partial charge in [-0.1, -0.05) is 24.3 Å². The molecule has 0 unspecified atom stereocenters. The Morgan fingerprint density at radius 1 is 0.939 bits per heavy atom. The summed E-state index contributed by atoms with van der Waals surface area (Å²) in [6.07, 6.45) is 0. The third-order valence-electron chi connectivity index (χ3n) is 5.31. The standard InChI is InChI=1S/C26H27N3O4/c1-28(26(31)20-6-5-9-24(18-20)33-23-7-3-2-4-8-23)19-25(30)27-21-10-12-22(13-11-21)29-14-16-32-17-15-29/h2-13,18H,14-17,19H2,1H3,(H,27,30). The highest BCUT2D eigenvalue weighted by Crippen LogP contribution is 2.22. The van der Waals surface area contributed by atoms with Gasteiger partial charge < -0.3 is 24.6 Å². The third-order valence-corrected chi connectivity index (χ3v) is 5.31. The maximum absolute atomic E-state index is 12.8. The number of anilines is 2. The maximum atomic E-state index is 12.8. The Bertz CT molecular complexity index is 1080. The number of carbonyl (C=O) groups is 2. The number of hydrogen-bond acceptors (Lipinski definition) is 5. The molecule has 0 atom stereocenters. The summed E-state index contributed by atoms with van der Waals surface area (Å²) in [6, 6.07) is 24.0. The van der Waals surface area contributed by atoms with Gasteiger partial charge in [0.2, 0.25) is 5.91 Å². The van der Waals surface area contributed by atoms with Crippen LogP contribution in [0.15, 0.2) is 78.9 Å². The molecule has 7 nitrogen and oxygen atoms in total. The summed E-state index contributed by atoms with van der Waals surface area (Å²) in [4.78, 5) is 29.0. The number of nitrogens with zero attached hydrogens (tertiary/aromatic N) is 2. The first kappa shape index (κ1) is 22.4. The number of para-hydroxylation sites is 1. The lowest BCUT2D eigenvalue weighted by molar-refractivity contribution is -0.116. The second kappa shape index (κ2) is 10.7. The van der Waals surface area contributed by atoms with Crippen LogP contribution < -0.4 is 15.0 Å². The molecule has 33 heavy (non-hydrogen) atoms. The zero-order valence-corrected chi connectivity index (χ0v) is 18.6. The Morgan fingerprint density at radius 2 is 1.64 bits per heavy atom. The summed E-state index contributed by atoms with van der Waals surface area (Å²) >= 11 is 0. The van der Waals surface area contributed by atoms with Crippen molar-refractivity contribution in [1.82, 2.24) is 4.90 Å². The van der Waals surface area contributed by atoms with E-state index in [0.717, 1.165) is 32.0 Å². The van der Waals surface area contributed by atoms with Gasteiger partial charge in [-0.2, -0.15) is 0 Å². The summed E-state index contributed by atoms with van der Waals surface area (Å²) < 4.78 is 11.2. The molecule has 7 heteroatoms. The molecule has 2 amide bonds. The van der Waals surface area contributed by atoms with Crippen molar-refractivity contribution in [3.8, 4) is 11.5 Å². The first-order valence-corrected chi connectivity index (χ1v) is 10.9. The first-order valence-electron chi connectivity index (χ1n) is 10.9. The summed E-state index contributed by atoms with van der Waals surface area (Å²) in [5, 5.41) is 2.85. The van der Waals surface area contributed by atoms with Gasteiger partial charge >= 0.3 is 0 Å². The summed E-state index contributed by atoms with van der Waals surface area (Å²) in [7, 11) is 1.61. The molecule has 1 saturated heterocycles. The van der Waals surface area contributed by atoms with Crippen molar-refractivity contribution in [3.05, 3.63) is 84.4 Å². The van der Waals surface area contributed by atoms with Gasteiger partial charge in [0.05, 0.1) is 19.8 Å². The highest BCUT2D eigenvalue weighted by Gasteiger charge is 2.16. The quantitative estimate of drug-likeness (QED) is 0.595. The molecule has 0 aromatic heterocycles. The zero-order chi connectivity index (χ0) is 23.0. The topological polar surface area (TPSA) is 71.1 Å². The SMILES string of the molecule is CN(CC(=O)Nc1ccc(N2CCOCC2)cc1)C(=O)c1cccc(Oc2ccccc2)c1. The van der Waals surface area contributed by atoms with Crippen molar-refractivity contribution in [1.29, 1.82) is 0 Å². The van der Waals surface area contributed by atoms with Crippen LogP contribution in [0.3, 0.4) is 0 Å². The molecule has 0 bridgehead atoms. The number of amides is 2. The number of ether oxygens (including phenoxy) is 2. The largest absolute Gasteiger partial charge is 0.457 e. The van der Waals surface area contributed by atoms with Crippen LogP contribution in [0, 0.1) is 0 Å². The summed E-state index contributed by atoms with van der Waals surface area (Å²) in [5.41, 5.74) is 2.24. The van der Waals surface area contributed by atoms with E-state index in [-0.39, 0.29) is 18.4 Å². The highest BCUT2D eigenvalue weighted by atomic mass is 16.5. The summed E-state index contributed by atoms with van der Waals surface area (Å²) in [5.74, 6) is 0.729. The van der Waals surface area contributed by atoms with Gasteiger partial charge in [0.1, 0.15) is 11.5 Å². The second-order valence-corrected chi connectivity index (χ2v) is 7.80. The van der Waals surface area contributed by atoms with Crippen molar-refractivity contribution in [2.24, 2.45) is 0 Å². The number of carbonyl (C=O) groups excluding carboxylic acids is 2. The van der Waals surface area contributed by atoms with Gasteiger partial charge in [0.15, 0.2) is 0 Å². The molecule has 3 aromatic rings. The van der Waals surface area contributed by atoms with Crippen LogP contribution >= 0.6 is 0 Å². The molecule has 1 aliphatic heterocycles. The zero-order valence-electron chi connectivity index (χ0n) is 18.6. The molecule has 170 valence electrons. The van der Waals surface area contributed by atoms with Gasteiger partial charge in [-0.3, -0.25) is 9.59 Å². The van der Waals surface area contributed by atoms with Crippen LogP contribution in [0.25, 0.3) is 0 Å². The van der Waals surface area contributed by atoms with Crippen LogP contribution in [0.1, 0.15) is 10.4 Å². The van der Waals surface area contributed by atoms with Crippen molar-refractivity contribution < 1.29 is 19.1 Å². The molecule has 0 aliphatic carbocycles. The number of likely N-dealkylation sites (N-methyl/N-ethyl adjacent to an activating group) is 1. The molecule has 1 N–H and O–H groups in total. The Labute approximate surface area is 193 Å². The van der Waals surface area contributed by atoms with E-state index in [1.807, 2.05) is 54.6 Å². The molecule has 0 saturated carbocycles. The number of nitrogens with one attached hydrogen (secondary N) is 1. The van der Waals surface area contributed by atoms with Gasteiger partial charge in [0, 0.05) is 37.1 Å². The highest BCUT2D eigenvalue weighted by molar-refractivity contribution is 5.99. The van der Waals surface area contributed by atoms with Crippen molar-refractivity contribution >= 4 is 23.2 Å². The average molecular weight is 446 g/mol. The fraction of sp³-hybridized carbons (Fsp3) is 0.231. The number of rotatable bonds is 7. The van der Waals surface area contributed by atoms with E-state index < -0.39 is 0 Å². The molecule has 1 heterocycles. The predicted octanol–water partition coefficient (Wildman–Crippen LogP) is 4.03. The average Bonchev–Trinajstić information content (AvgIpc) is 2.85. The minimum atomic E-state index is -0.262. The maximum Gasteiger partial charge on any atom is 0.254 e. The van der Waals surface area contributed by atoms with E-state index in [1.54, 1.807) is 31.3 Å². The lowest BCUT2D eigenvalue weighted by Crippen LogP contribution is -2.36. The first-order chi connectivity index (χ1) is 16.1. The number of benzene rings is 3. The lowest BCUT2D eigenvalue weighted by Gasteiger charge is -2.28. The lowest BCUT2D eigenvalue weighted by atomic mass is 10.2. The van der Waals surface area contributed by atoms with Crippen molar-refractivity contribution in [3.63, 3.8) is 0 Å². The van der Waals surface area contributed by atoms with E-state index in [1.165, 1.54) is 4.90 Å². The molecular formula is C26H27N3O4. The number of hydrogen-bond donors (Lipinski definition) is 1. The third kappa shape index (κ3) is 6.11. The van der Waals surface area contributed by atoms with Crippen LogP contribution in [-0.2, 0) is 9.53 Å². The Hall–Kier alpha value is -3.84. The normalized spacial score (nSPS) is 13.3. The molecule has 3 aromatic carbocycles. The predicted molar refractivity (Wildman–Crippen MR) is 128 cm³/mol. The monoisotopic (exact) mass is 445 g/mol. The Kier molecular flexibility index (Phi) is 7.22. The molecule has 0 radical (unpaired) electrons. The number of morpholine rings is 1.